The largest absolute Gasteiger partial charge is 0.489 e. The number of nitrogens with zero attached hydrogens (tertiary/aromatic N) is 1. The fourth-order valence-electron chi connectivity index (χ4n) is 3.46. The van der Waals surface area contributed by atoms with Gasteiger partial charge >= 0.3 is 6.03 Å². The summed E-state index contributed by atoms with van der Waals surface area (Å²) in [5, 5.41) is 2.24. The van der Waals surface area contributed by atoms with Gasteiger partial charge in [-0.05, 0) is 66.9 Å². The van der Waals surface area contributed by atoms with Crippen LogP contribution < -0.4 is 15.0 Å². The molecule has 4 rings (SSSR count). The second kappa shape index (κ2) is 9.42. The highest BCUT2D eigenvalue weighted by Gasteiger charge is 2.36. The molecule has 1 saturated heterocycles. The number of halogens is 1. The fourth-order valence-corrected chi connectivity index (χ4v) is 3.70. The number of urea groups is 1. The zero-order valence-corrected chi connectivity index (χ0v) is 19.7. The van der Waals surface area contributed by atoms with Crippen molar-refractivity contribution in [1.29, 1.82) is 0 Å². The summed E-state index contributed by atoms with van der Waals surface area (Å²) in [6.07, 6.45) is 1.47. The molecule has 33 heavy (non-hydrogen) atoms. The zero-order chi connectivity index (χ0) is 23.5. The topological polar surface area (TPSA) is 75.7 Å². The lowest BCUT2D eigenvalue weighted by molar-refractivity contribution is -0.122. The molecular formula is C26H21BrN2O4. The minimum atomic E-state index is -0.774. The fraction of sp³-hybridized carbons (Fsp3) is 0.115. The molecule has 4 amide bonds. The van der Waals surface area contributed by atoms with Gasteiger partial charge < -0.3 is 4.74 Å². The smallest absolute Gasteiger partial charge is 0.335 e. The van der Waals surface area contributed by atoms with Gasteiger partial charge in [-0.3, -0.25) is 14.9 Å². The van der Waals surface area contributed by atoms with E-state index < -0.39 is 17.8 Å². The highest BCUT2D eigenvalue weighted by Crippen LogP contribution is 2.26. The Morgan fingerprint density at radius 2 is 1.73 bits per heavy atom. The molecule has 0 bridgehead atoms. The Balaban J connectivity index is 1.53. The number of benzene rings is 3. The van der Waals surface area contributed by atoms with Crippen molar-refractivity contribution in [2.75, 3.05) is 4.90 Å². The second-order valence-corrected chi connectivity index (χ2v) is 8.59. The number of imide groups is 2. The molecule has 166 valence electrons. The van der Waals surface area contributed by atoms with E-state index >= 15 is 0 Å². The third kappa shape index (κ3) is 5.04. The number of hydrogen-bond donors (Lipinski definition) is 1. The van der Waals surface area contributed by atoms with Crippen LogP contribution in [0.15, 0.2) is 76.8 Å². The maximum absolute atomic E-state index is 13.0. The van der Waals surface area contributed by atoms with Crippen molar-refractivity contribution < 1.29 is 19.1 Å². The molecule has 0 radical (unpaired) electrons. The molecule has 0 saturated carbocycles. The third-order valence-corrected chi connectivity index (χ3v) is 6.07. The van der Waals surface area contributed by atoms with E-state index in [2.05, 4.69) is 27.3 Å². The number of nitrogens with one attached hydrogen (secondary N) is 1. The van der Waals surface area contributed by atoms with Gasteiger partial charge in [0.15, 0.2) is 0 Å². The minimum absolute atomic E-state index is 0.122. The van der Waals surface area contributed by atoms with Gasteiger partial charge in [-0.25, -0.2) is 9.69 Å². The normalized spacial score (nSPS) is 15.1. The van der Waals surface area contributed by atoms with E-state index in [0.29, 0.717) is 23.6 Å². The molecule has 0 spiro atoms. The molecule has 0 aliphatic carbocycles. The first-order valence-electron chi connectivity index (χ1n) is 10.3. The van der Waals surface area contributed by atoms with Crippen LogP contribution in [0.2, 0.25) is 0 Å². The Bertz CT molecular complexity index is 1280. The number of carbonyl (C=O) groups excluding carboxylic acids is 3. The SMILES string of the molecule is Cc1cccc(COc2ccc(/C=C3\C(=O)NC(=O)N(c4ccc(Br)c(C)c4)C3=O)cc2)c1. The third-order valence-electron chi connectivity index (χ3n) is 5.18. The Labute approximate surface area is 200 Å². The summed E-state index contributed by atoms with van der Waals surface area (Å²) >= 11 is 3.40. The van der Waals surface area contributed by atoms with Gasteiger partial charge in [-0.2, -0.15) is 0 Å². The summed E-state index contributed by atoms with van der Waals surface area (Å²) in [5.41, 5.74) is 3.99. The number of anilines is 1. The first-order chi connectivity index (χ1) is 15.8. The van der Waals surface area contributed by atoms with Crippen LogP contribution in [0, 0.1) is 13.8 Å². The lowest BCUT2D eigenvalue weighted by Crippen LogP contribution is -2.54. The van der Waals surface area contributed by atoms with Crippen LogP contribution in [0.1, 0.15) is 22.3 Å². The van der Waals surface area contributed by atoms with Crippen molar-refractivity contribution in [3.8, 4) is 5.75 Å². The number of hydrogen-bond acceptors (Lipinski definition) is 4. The van der Waals surface area contributed by atoms with Gasteiger partial charge in [-0.15, -0.1) is 0 Å². The Morgan fingerprint density at radius 1 is 0.970 bits per heavy atom. The summed E-state index contributed by atoms with van der Waals surface area (Å²) in [4.78, 5) is 38.8. The van der Waals surface area contributed by atoms with Gasteiger partial charge in [0.25, 0.3) is 11.8 Å². The number of ether oxygens (including phenoxy) is 1. The monoisotopic (exact) mass is 504 g/mol. The van der Waals surface area contributed by atoms with Gasteiger partial charge in [0, 0.05) is 4.47 Å². The first-order valence-corrected chi connectivity index (χ1v) is 11.1. The van der Waals surface area contributed by atoms with Crippen molar-refractivity contribution in [3.63, 3.8) is 0 Å². The maximum Gasteiger partial charge on any atom is 0.335 e. The standard InChI is InChI=1S/C26H21BrN2O4/c1-16-4-3-5-19(12-16)15-33-21-9-6-18(7-10-21)14-22-24(30)28-26(32)29(25(22)31)20-8-11-23(27)17(2)13-20/h3-14H,15H2,1-2H3,(H,28,30,32)/b22-14+. The van der Waals surface area contributed by atoms with E-state index in [1.54, 1.807) is 42.5 Å². The van der Waals surface area contributed by atoms with Crippen molar-refractivity contribution in [3.05, 3.63) is 99.0 Å². The van der Waals surface area contributed by atoms with E-state index in [0.717, 1.165) is 20.5 Å². The average molecular weight is 505 g/mol. The highest BCUT2D eigenvalue weighted by atomic mass is 79.9. The molecule has 1 fully saturated rings. The number of aryl methyl sites for hydroxylation is 2. The molecule has 1 N–H and O–H groups in total. The predicted molar refractivity (Wildman–Crippen MR) is 130 cm³/mol. The number of rotatable bonds is 5. The maximum atomic E-state index is 13.0. The van der Waals surface area contributed by atoms with E-state index in [1.165, 1.54) is 11.6 Å². The molecule has 1 aliphatic rings. The molecular weight excluding hydrogens is 484 g/mol. The molecule has 0 unspecified atom stereocenters. The van der Waals surface area contributed by atoms with Crippen molar-refractivity contribution in [1.82, 2.24) is 5.32 Å². The number of carbonyl (C=O) groups is 3. The predicted octanol–water partition coefficient (Wildman–Crippen LogP) is 5.31. The molecule has 3 aromatic carbocycles. The average Bonchev–Trinajstić information content (AvgIpc) is 2.78. The van der Waals surface area contributed by atoms with Crippen molar-refractivity contribution in [2.24, 2.45) is 0 Å². The van der Waals surface area contributed by atoms with E-state index in [9.17, 15) is 14.4 Å². The molecule has 1 heterocycles. The van der Waals surface area contributed by atoms with E-state index in [-0.39, 0.29) is 5.57 Å². The lowest BCUT2D eigenvalue weighted by Gasteiger charge is -2.26. The van der Waals surface area contributed by atoms with E-state index in [1.807, 2.05) is 32.0 Å². The molecule has 1 aliphatic heterocycles. The molecule has 3 aromatic rings. The Morgan fingerprint density at radius 3 is 2.42 bits per heavy atom. The molecule has 6 nitrogen and oxygen atoms in total. The van der Waals surface area contributed by atoms with Crippen LogP contribution in [0.25, 0.3) is 6.08 Å². The molecule has 7 heteroatoms. The quantitative estimate of drug-likeness (QED) is 0.377. The first kappa shape index (κ1) is 22.5. The van der Waals surface area contributed by atoms with Crippen molar-refractivity contribution >= 4 is 45.5 Å². The van der Waals surface area contributed by atoms with Crippen LogP contribution in [0.3, 0.4) is 0 Å². The Kier molecular flexibility index (Phi) is 6.42. The van der Waals surface area contributed by atoms with Crippen LogP contribution in [-0.4, -0.2) is 17.8 Å². The van der Waals surface area contributed by atoms with Gasteiger partial charge in [0.2, 0.25) is 0 Å². The van der Waals surface area contributed by atoms with Crippen LogP contribution in [-0.2, 0) is 16.2 Å². The summed E-state index contributed by atoms with van der Waals surface area (Å²) < 4.78 is 6.67. The van der Waals surface area contributed by atoms with Crippen LogP contribution in [0.5, 0.6) is 5.75 Å². The lowest BCUT2D eigenvalue weighted by atomic mass is 10.1. The summed E-state index contributed by atoms with van der Waals surface area (Å²) in [6.45, 7) is 4.32. The van der Waals surface area contributed by atoms with Gasteiger partial charge in [0.05, 0.1) is 5.69 Å². The summed E-state index contributed by atoms with van der Waals surface area (Å²) in [6, 6.07) is 19.4. The second-order valence-electron chi connectivity index (χ2n) is 7.74. The summed E-state index contributed by atoms with van der Waals surface area (Å²) in [5.74, 6) is -0.736. The molecule has 0 atom stereocenters. The number of barbiturate groups is 1. The highest BCUT2D eigenvalue weighted by molar-refractivity contribution is 9.10. The summed E-state index contributed by atoms with van der Waals surface area (Å²) in [7, 11) is 0. The Hall–Kier alpha value is -3.71. The number of amides is 4. The van der Waals surface area contributed by atoms with E-state index in [4.69, 9.17) is 4.74 Å². The van der Waals surface area contributed by atoms with Gasteiger partial charge in [0.1, 0.15) is 17.9 Å². The van der Waals surface area contributed by atoms with Crippen LogP contribution in [0.4, 0.5) is 10.5 Å². The van der Waals surface area contributed by atoms with Gasteiger partial charge in [-0.1, -0.05) is 57.9 Å². The van der Waals surface area contributed by atoms with Crippen molar-refractivity contribution in [2.45, 2.75) is 20.5 Å². The van der Waals surface area contributed by atoms with Crippen LogP contribution >= 0.6 is 15.9 Å². The molecule has 0 aromatic heterocycles. The minimum Gasteiger partial charge on any atom is -0.489 e. The zero-order valence-electron chi connectivity index (χ0n) is 18.1.